The van der Waals surface area contributed by atoms with Crippen LogP contribution in [0.25, 0.3) is 0 Å². The number of nitrogens with zero attached hydrogens (tertiary/aromatic N) is 1. The van der Waals surface area contributed by atoms with E-state index in [1.807, 2.05) is 12.1 Å². The van der Waals surface area contributed by atoms with Gasteiger partial charge >= 0.3 is 0 Å². The van der Waals surface area contributed by atoms with Crippen LogP contribution in [0.15, 0.2) is 24.3 Å². The van der Waals surface area contributed by atoms with E-state index < -0.39 is 0 Å². The number of piperidine rings is 1. The standard InChI is InChI=1S/C14H22N2O/c1-16(13-7-5-9-15-10-13)11-12-6-3-4-8-14(12)17-2/h3-4,6,8,13,15H,5,7,9-11H2,1-2H3. The van der Waals surface area contributed by atoms with Crippen LogP contribution in [-0.2, 0) is 6.54 Å². The molecule has 0 aromatic heterocycles. The summed E-state index contributed by atoms with van der Waals surface area (Å²) >= 11 is 0. The van der Waals surface area contributed by atoms with E-state index in [1.165, 1.54) is 24.9 Å². The van der Waals surface area contributed by atoms with Gasteiger partial charge in [0.15, 0.2) is 0 Å². The van der Waals surface area contributed by atoms with Crippen LogP contribution in [0.4, 0.5) is 0 Å². The van der Waals surface area contributed by atoms with E-state index in [0.29, 0.717) is 6.04 Å². The number of likely N-dealkylation sites (N-methyl/N-ethyl adjacent to an activating group) is 1. The molecule has 1 saturated heterocycles. The molecule has 0 radical (unpaired) electrons. The van der Waals surface area contributed by atoms with E-state index in [4.69, 9.17) is 4.74 Å². The highest BCUT2D eigenvalue weighted by molar-refractivity contribution is 5.33. The van der Waals surface area contributed by atoms with Gasteiger partial charge in [-0.05, 0) is 32.5 Å². The minimum absolute atomic E-state index is 0.647. The number of hydrogen-bond acceptors (Lipinski definition) is 3. The van der Waals surface area contributed by atoms with E-state index in [-0.39, 0.29) is 0 Å². The average molecular weight is 234 g/mol. The van der Waals surface area contributed by atoms with Crippen LogP contribution in [0.3, 0.4) is 0 Å². The highest BCUT2D eigenvalue weighted by Gasteiger charge is 2.18. The van der Waals surface area contributed by atoms with Gasteiger partial charge in [0, 0.05) is 24.7 Å². The van der Waals surface area contributed by atoms with Crippen molar-refractivity contribution in [1.82, 2.24) is 10.2 Å². The lowest BCUT2D eigenvalue weighted by atomic mass is 10.1. The van der Waals surface area contributed by atoms with Crippen LogP contribution >= 0.6 is 0 Å². The topological polar surface area (TPSA) is 24.5 Å². The van der Waals surface area contributed by atoms with Gasteiger partial charge < -0.3 is 10.1 Å². The molecule has 1 atom stereocenters. The molecule has 1 heterocycles. The van der Waals surface area contributed by atoms with Gasteiger partial charge in [-0.1, -0.05) is 18.2 Å². The van der Waals surface area contributed by atoms with E-state index in [9.17, 15) is 0 Å². The van der Waals surface area contributed by atoms with E-state index in [2.05, 4.69) is 29.4 Å². The minimum Gasteiger partial charge on any atom is -0.496 e. The Morgan fingerprint density at radius 2 is 2.24 bits per heavy atom. The molecule has 1 unspecified atom stereocenters. The van der Waals surface area contributed by atoms with Crippen LogP contribution in [0, 0.1) is 0 Å². The molecule has 3 nitrogen and oxygen atoms in total. The van der Waals surface area contributed by atoms with Gasteiger partial charge in [-0.3, -0.25) is 4.90 Å². The maximum atomic E-state index is 5.39. The summed E-state index contributed by atoms with van der Waals surface area (Å²) in [5.41, 5.74) is 1.27. The Morgan fingerprint density at radius 1 is 1.41 bits per heavy atom. The fraction of sp³-hybridized carbons (Fsp3) is 0.571. The van der Waals surface area contributed by atoms with Gasteiger partial charge in [0.2, 0.25) is 0 Å². The third kappa shape index (κ3) is 3.20. The van der Waals surface area contributed by atoms with Crippen LogP contribution in [0.2, 0.25) is 0 Å². The van der Waals surface area contributed by atoms with Gasteiger partial charge in [-0.25, -0.2) is 0 Å². The van der Waals surface area contributed by atoms with E-state index in [1.54, 1.807) is 7.11 Å². The predicted molar refractivity (Wildman–Crippen MR) is 70.4 cm³/mol. The number of ether oxygens (including phenoxy) is 1. The van der Waals surface area contributed by atoms with E-state index in [0.717, 1.165) is 18.8 Å². The fourth-order valence-electron chi connectivity index (χ4n) is 2.44. The molecule has 0 spiro atoms. The molecular formula is C14H22N2O. The molecule has 2 rings (SSSR count). The van der Waals surface area contributed by atoms with Crippen molar-refractivity contribution in [2.24, 2.45) is 0 Å². The minimum atomic E-state index is 0.647. The molecule has 0 saturated carbocycles. The van der Waals surface area contributed by atoms with Crippen molar-refractivity contribution in [3.8, 4) is 5.75 Å². The molecule has 1 aliphatic heterocycles. The average Bonchev–Trinajstić information content (AvgIpc) is 2.40. The number of hydrogen-bond donors (Lipinski definition) is 1. The normalized spacial score (nSPS) is 20.5. The highest BCUT2D eigenvalue weighted by atomic mass is 16.5. The second-order valence-electron chi connectivity index (χ2n) is 4.73. The van der Waals surface area contributed by atoms with Crippen molar-refractivity contribution >= 4 is 0 Å². The summed E-state index contributed by atoms with van der Waals surface area (Å²) < 4.78 is 5.39. The van der Waals surface area contributed by atoms with Crippen molar-refractivity contribution in [2.75, 3.05) is 27.2 Å². The first-order valence-corrected chi connectivity index (χ1v) is 6.34. The fourth-order valence-corrected chi connectivity index (χ4v) is 2.44. The second kappa shape index (κ2) is 6.03. The summed E-state index contributed by atoms with van der Waals surface area (Å²) in [5, 5.41) is 3.46. The quantitative estimate of drug-likeness (QED) is 0.861. The Morgan fingerprint density at radius 3 is 2.94 bits per heavy atom. The maximum absolute atomic E-state index is 5.39. The summed E-state index contributed by atoms with van der Waals surface area (Å²) in [7, 11) is 3.94. The van der Waals surface area contributed by atoms with Gasteiger partial charge in [-0.2, -0.15) is 0 Å². The molecule has 94 valence electrons. The number of rotatable bonds is 4. The van der Waals surface area contributed by atoms with Crippen LogP contribution in [0.1, 0.15) is 18.4 Å². The molecule has 0 bridgehead atoms. The molecule has 17 heavy (non-hydrogen) atoms. The molecule has 0 aliphatic carbocycles. The lowest BCUT2D eigenvalue weighted by Gasteiger charge is -2.32. The first-order valence-electron chi connectivity index (χ1n) is 6.34. The summed E-state index contributed by atoms with van der Waals surface area (Å²) in [6.07, 6.45) is 2.57. The third-order valence-corrected chi connectivity index (χ3v) is 3.51. The zero-order valence-electron chi connectivity index (χ0n) is 10.8. The highest BCUT2D eigenvalue weighted by Crippen LogP contribution is 2.20. The zero-order chi connectivity index (χ0) is 12.1. The van der Waals surface area contributed by atoms with Crippen LogP contribution < -0.4 is 10.1 Å². The van der Waals surface area contributed by atoms with Crippen molar-refractivity contribution in [3.63, 3.8) is 0 Å². The predicted octanol–water partition coefficient (Wildman–Crippen LogP) is 1.88. The molecule has 1 N–H and O–H groups in total. The Labute approximate surface area is 104 Å². The molecule has 1 aliphatic rings. The second-order valence-corrected chi connectivity index (χ2v) is 4.73. The summed E-state index contributed by atoms with van der Waals surface area (Å²) in [4.78, 5) is 2.42. The zero-order valence-corrected chi connectivity index (χ0v) is 10.8. The summed E-state index contributed by atoms with van der Waals surface area (Å²) in [5.74, 6) is 0.989. The molecule has 1 aromatic rings. The Kier molecular flexibility index (Phi) is 4.40. The Balaban J connectivity index is 1.99. The monoisotopic (exact) mass is 234 g/mol. The summed E-state index contributed by atoms with van der Waals surface area (Å²) in [6, 6.07) is 8.91. The van der Waals surface area contributed by atoms with Crippen molar-refractivity contribution < 1.29 is 4.74 Å². The molecule has 1 aromatic carbocycles. The number of para-hydroxylation sites is 1. The van der Waals surface area contributed by atoms with E-state index >= 15 is 0 Å². The van der Waals surface area contributed by atoms with Gasteiger partial charge in [-0.15, -0.1) is 0 Å². The molecular weight excluding hydrogens is 212 g/mol. The number of nitrogens with one attached hydrogen (secondary N) is 1. The third-order valence-electron chi connectivity index (χ3n) is 3.51. The van der Waals surface area contributed by atoms with Crippen LogP contribution in [0.5, 0.6) is 5.75 Å². The van der Waals surface area contributed by atoms with Gasteiger partial charge in [0.1, 0.15) is 5.75 Å². The largest absolute Gasteiger partial charge is 0.496 e. The van der Waals surface area contributed by atoms with Gasteiger partial charge in [0.05, 0.1) is 7.11 Å². The Bertz CT molecular complexity index is 348. The van der Waals surface area contributed by atoms with Crippen molar-refractivity contribution in [3.05, 3.63) is 29.8 Å². The lowest BCUT2D eigenvalue weighted by molar-refractivity contribution is 0.194. The number of methoxy groups -OCH3 is 1. The SMILES string of the molecule is COc1ccccc1CN(C)C1CCCNC1. The first-order chi connectivity index (χ1) is 8.31. The Hall–Kier alpha value is -1.06. The van der Waals surface area contributed by atoms with Crippen molar-refractivity contribution in [2.45, 2.75) is 25.4 Å². The molecule has 3 heteroatoms. The molecule has 0 amide bonds. The number of benzene rings is 1. The maximum Gasteiger partial charge on any atom is 0.123 e. The van der Waals surface area contributed by atoms with Crippen LogP contribution in [-0.4, -0.2) is 38.2 Å². The lowest BCUT2D eigenvalue weighted by Crippen LogP contribution is -2.43. The smallest absolute Gasteiger partial charge is 0.123 e. The first kappa shape index (κ1) is 12.4. The summed E-state index contributed by atoms with van der Waals surface area (Å²) in [6.45, 7) is 3.22. The van der Waals surface area contributed by atoms with Gasteiger partial charge in [0.25, 0.3) is 0 Å². The molecule has 1 fully saturated rings. The van der Waals surface area contributed by atoms with Crippen molar-refractivity contribution in [1.29, 1.82) is 0 Å².